The normalized spacial score (nSPS) is 18.5. The van der Waals surface area contributed by atoms with Gasteiger partial charge in [0.2, 0.25) is 0 Å². The van der Waals surface area contributed by atoms with Gasteiger partial charge in [0, 0.05) is 26.2 Å². The standard InChI is InChI=1S/C19H31N3O2/c1-4-19(15-23)10-12-22(13-11-19)18(24)20-14-17(21(2)3)16-8-6-5-7-9-16/h5-9,17,23H,4,10-15H2,1-3H3,(H,20,24). The largest absolute Gasteiger partial charge is 0.396 e. The summed E-state index contributed by atoms with van der Waals surface area (Å²) in [4.78, 5) is 16.5. The van der Waals surface area contributed by atoms with Crippen LogP contribution in [0.5, 0.6) is 0 Å². The molecular weight excluding hydrogens is 302 g/mol. The van der Waals surface area contributed by atoms with E-state index in [0.717, 1.165) is 32.4 Å². The molecule has 1 aliphatic rings. The SMILES string of the molecule is CCC1(CO)CCN(C(=O)NCC(c2ccccc2)N(C)C)CC1. The molecule has 134 valence electrons. The van der Waals surface area contributed by atoms with Crippen LogP contribution in [-0.2, 0) is 0 Å². The second-order valence-corrected chi connectivity index (χ2v) is 7.07. The highest BCUT2D eigenvalue weighted by Gasteiger charge is 2.34. The van der Waals surface area contributed by atoms with Crippen molar-refractivity contribution in [2.45, 2.75) is 32.2 Å². The summed E-state index contributed by atoms with van der Waals surface area (Å²) < 4.78 is 0. The highest BCUT2D eigenvalue weighted by atomic mass is 16.3. The Morgan fingerprint density at radius 1 is 1.29 bits per heavy atom. The number of carbonyl (C=O) groups is 1. The second kappa shape index (κ2) is 8.49. The number of nitrogens with zero attached hydrogens (tertiary/aromatic N) is 2. The van der Waals surface area contributed by atoms with E-state index in [4.69, 9.17) is 0 Å². The van der Waals surface area contributed by atoms with Crippen molar-refractivity contribution in [2.24, 2.45) is 5.41 Å². The van der Waals surface area contributed by atoms with Gasteiger partial charge in [0.05, 0.1) is 6.04 Å². The van der Waals surface area contributed by atoms with Crippen LogP contribution in [0.15, 0.2) is 30.3 Å². The molecule has 24 heavy (non-hydrogen) atoms. The summed E-state index contributed by atoms with van der Waals surface area (Å²) in [5.41, 5.74) is 1.21. The van der Waals surface area contributed by atoms with Crippen molar-refractivity contribution in [3.8, 4) is 0 Å². The van der Waals surface area contributed by atoms with Crippen LogP contribution in [0.3, 0.4) is 0 Å². The number of urea groups is 1. The van der Waals surface area contributed by atoms with Gasteiger partial charge in [0.15, 0.2) is 0 Å². The van der Waals surface area contributed by atoms with Crippen LogP contribution in [0.2, 0.25) is 0 Å². The van der Waals surface area contributed by atoms with E-state index in [0.29, 0.717) is 6.54 Å². The minimum Gasteiger partial charge on any atom is -0.396 e. The number of hydrogen-bond donors (Lipinski definition) is 2. The van der Waals surface area contributed by atoms with Gasteiger partial charge in [-0.2, -0.15) is 0 Å². The fourth-order valence-corrected chi connectivity index (χ4v) is 3.38. The Bertz CT molecular complexity index is 505. The third-order valence-corrected chi connectivity index (χ3v) is 5.45. The minimum atomic E-state index is 0.000393. The molecule has 2 rings (SSSR count). The fourth-order valence-electron chi connectivity index (χ4n) is 3.38. The lowest BCUT2D eigenvalue weighted by atomic mass is 9.77. The highest BCUT2D eigenvalue weighted by molar-refractivity contribution is 5.74. The molecule has 2 N–H and O–H groups in total. The van der Waals surface area contributed by atoms with E-state index in [-0.39, 0.29) is 24.1 Å². The molecule has 0 saturated carbocycles. The number of aliphatic hydroxyl groups is 1. The summed E-state index contributed by atoms with van der Waals surface area (Å²) in [5, 5.41) is 12.7. The monoisotopic (exact) mass is 333 g/mol. The Labute approximate surface area is 145 Å². The van der Waals surface area contributed by atoms with Gasteiger partial charge in [0.25, 0.3) is 0 Å². The van der Waals surface area contributed by atoms with Crippen LogP contribution < -0.4 is 5.32 Å². The van der Waals surface area contributed by atoms with Gasteiger partial charge in [0.1, 0.15) is 0 Å². The quantitative estimate of drug-likeness (QED) is 0.841. The van der Waals surface area contributed by atoms with Gasteiger partial charge in [-0.05, 0) is 44.3 Å². The molecule has 1 aromatic rings. The smallest absolute Gasteiger partial charge is 0.317 e. The average molecular weight is 333 g/mol. The first-order valence-corrected chi connectivity index (χ1v) is 8.86. The fraction of sp³-hybridized carbons (Fsp3) is 0.632. The van der Waals surface area contributed by atoms with Crippen molar-refractivity contribution in [3.05, 3.63) is 35.9 Å². The number of piperidine rings is 1. The van der Waals surface area contributed by atoms with Crippen LogP contribution in [0, 0.1) is 5.41 Å². The first-order valence-electron chi connectivity index (χ1n) is 8.86. The number of aliphatic hydroxyl groups excluding tert-OH is 1. The lowest BCUT2D eigenvalue weighted by Crippen LogP contribution is -2.49. The predicted molar refractivity (Wildman–Crippen MR) is 96.9 cm³/mol. The lowest BCUT2D eigenvalue weighted by Gasteiger charge is -2.40. The van der Waals surface area contributed by atoms with Crippen LogP contribution in [-0.4, -0.2) is 61.3 Å². The topological polar surface area (TPSA) is 55.8 Å². The van der Waals surface area contributed by atoms with E-state index in [1.54, 1.807) is 0 Å². The third-order valence-electron chi connectivity index (χ3n) is 5.45. The Kier molecular flexibility index (Phi) is 6.63. The molecule has 0 aromatic heterocycles. The zero-order valence-corrected chi connectivity index (χ0v) is 15.2. The zero-order chi connectivity index (χ0) is 17.6. The Balaban J connectivity index is 1.88. The number of amides is 2. The zero-order valence-electron chi connectivity index (χ0n) is 15.2. The van der Waals surface area contributed by atoms with E-state index >= 15 is 0 Å². The maximum Gasteiger partial charge on any atom is 0.317 e. The van der Waals surface area contributed by atoms with Crippen molar-refractivity contribution in [1.29, 1.82) is 0 Å². The number of hydrogen-bond acceptors (Lipinski definition) is 3. The summed E-state index contributed by atoms with van der Waals surface area (Å²) in [6, 6.07) is 10.4. The van der Waals surface area contributed by atoms with Crippen LogP contribution in [0.1, 0.15) is 37.8 Å². The van der Waals surface area contributed by atoms with E-state index < -0.39 is 0 Å². The summed E-state index contributed by atoms with van der Waals surface area (Å²) in [7, 11) is 4.06. The molecule has 1 aliphatic heterocycles. The van der Waals surface area contributed by atoms with Crippen molar-refractivity contribution < 1.29 is 9.90 Å². The van der Waals surface area contributed by atoms with Gasteiger partial charge in [-0.3, -0.25) is 0 Å². The highest BCUT2D eigenvalue weighted by Crippen LogP contribution is 2.34. The summed E-state index contributed by atoms with van der Waals surface area (Å²) in [5.74, 6) is 0. The van der Waals surface area contributed by atoms with Gasteiger partial charge in [-0.25, -0.2) is 4.79 Å². The molecular formula is C19H31N3O2. The molecule has 1 atom stereocenters. The molecule has 0 aliphatic carbocycles. The van der Waals surface area contributed by atoms with Crippen LogP contribution in [0.25, 0.3) is 0 Å². The third kappa shape index (κ3) is 4.48. The first kappa shape index (κ1) is 18.7. The Hall–Kier alpha value is -1.59. The second-order valence-electron chi connectivity index (χ2n) is 7.07. The van der Waals surface area contributed by atoms with Crippen molar-refractivity contribution in [1.82, 2.24) is 15.1 Å². The first-order chi connectivity index (χ1) is 11.5. The van der Waals surface area contributed by atoms with Gasteiger partial charge in [-0.1, -0.05) is 37.3 Å². The van der Waals surface area contributed by atoms with E-state index in [1.807, 2.05) is 37.2 Å². The molecule has 0 bridgehead atoms. The van der Waals surface area contributed by atoms with E-state index in [2.05, 4.69) is 29.3 Å². The summed E-state index contributed by atoms with van der Waals surface area (Å²) >= 11 is 0. The van der Waals surface area contributed by atoms with Crippen molar-refractivity contribution in [3.63, 3.8) is 0 Å². The number of likely N-dealkylation sites (N-methyl/N-ethyl adjacent to an activating group) is 1. The van der Waals surface area contributed by atoms with Crippen molar-refractivity contribution >= 4 is 6.03 Å². The molecule has 2 amide bonds. The van der Waals surface area contributed by atoms with Gasteiger partial charge >= 0.3 is 6.03 Å². The van der Waals surface area contributed by atoms with Gasteiger partial charge < -0.3 is 20.2 Å². The Morgan fingerprint density at radius 3 is 2.42 bits per heavy atom. The molecule has 0 radical (unpaired) electrons. The average Bonchev–Trinajstić information content (AvgIpc) is 2.62. The summed E-state index contributed by atoms with van der Waals surface area (Å²) in [6.45, 7) is 4.37. The van der Waals surface area contributed by atoms with Gasteiger partial charge in [-0.15, -0.1) is 0 Å². The lowest BCUT2D eigenvalue weighted by molar-refractivity contribution is 0.0517. The van der Waals surface area contributed by atoms with Crippen LogP contribution >= 0.6 is 0 Å². The number of likely N-dealkylation sites (tertiary alicyclic amines) is 1. The van der Waals surface area contributed by atoms with E-state index in [9.17, 15) is 9.90 Å². The number of benzene rings is 1. The van der Waals surface area contributed by atoms with E-state index in [1.165, 1.54) is 5.56 Å². The summed E-state index contributed by atoms with van der Waals surface area (Å²) in [6.07, 6.45) is 2.72. The maximum atomic E-state index is 12.5. The number of rotatable bonds is 6. The molecule has 0 spiro atoms. The molecule has 1 saturated heterocycles. The molecule has 1 unspecified atom stereocenters. The predicted octanol–water partition coefficient (Wildman–Crippen LogP) is 2.48. The minimum absolute atomic E-state index is 0.000393. The Morgan fingerprint density at radius 2 is 1.92 bits per heavy atom. The number of nitrogens with one attached hydrogen (secondary N) is 1. The molecule has 1 aromatic carbocycles. The van der Waals surface area contributed by atoms with Crippen LogP contribution in [0.4, 0.5) is 4.79 Å². The van der Waals surface area contributed by atoms with Crippen molar-refractivity contribution in [2.75, 3.05) is 40.3 Å². The maximum absolute atomic E-state index is 12.5. The number of carbonyl (C=O) groups excluding carboxylic acids is 1. The molecule has 1 fully saturated rings. The molecule has 5 heteroatoms. The molecule has 5 nitrogen and oxygen atoms in total. The molecule has 1 heterocycles.